The van der Waals surface area contributed by atoms with Crippen LogP contribution in [-0.2, 0) is 0 Å². The largest absolute Gasteiger partial charge is 0.374 e. The van der Waals surface area contributed by atoms with Gasteiger partial charge in [-0.25, -0.2) is 0 Å². The monoisotopic (exact) mass is 163 g/mol. The molecule has 0 radical (unpaired) electrons. The quantitative estimate of drug-likeness (QED) is 0.663. The van der Waals surface area contributed by atoms with Crippen LogP contribution in [0, 0.1) is 0 Å². The highest BCUT2D eigenvalue weighted by Gasteiger charge is 1.85. The molecule has 0 heterocycles. The van der Waals surface area contributed by atoms with Crippen LogP contribution in [0.5, 0.6) is 0 Å². The lowest BCUT2D eigenvalue weighted by atomic mass is 10.2. The molecule has 2 heteroatoms. The molecule has 64 valence electrons. The minimum absolute atomic E-state index is 0.495. The first-order valence-electron chi connectivity index (χ1n) is 3.95. The fourth-order valence-corrected chi connectivity index (χ4v) is 0.848. The van der Waals surface area contributed by atoms with Gasteiger partial charge in [0, 0.05) is 0 Å². The zero-order valence-electron chi connectivity index (χ0n) is 7.07. The number of rotatable bonds is 3. The topological polar surface area (TPSA) is 32.3 Å². The summed E-state index contributed by atoms with van der Waals surface area (Å²) in [6.45, 7) is 1.68. The first-order valence-corrected chi connectivity index (χ1v) is 3.95. The highest BCUT2D eigenvalue weighted by Crippen LogP contribution is 1.99. The van der Waals surface area contributed by atoms with Crippen molar-refractivity contribution in [2.24, 2.45) is 0 Å². The van der Waals surface area contributed by atoms with Crippen LogP contribution >= 0.6 is 0 Å². The van der Waals surface area contributed by atoms with Gasteiger partial charge in [0.25, 0.3) is 0 Å². The van der Waals surface area contributed by atoms with Crippen molar-refractivity contribution >= 4 is 6.08 Å². The van der Waals surface area contributed by atoms with Crippen molar-refractivity contribution in [3.8, 4) is 0 Å². The summed E-state index contributed by atoms with van der Waals surface area (Å²) in [6.07, 6.45) is 3.15. The molecule has 0 bridgehead atoms. The third kappa shape index (κ3) is 3.21. The number of benzene rings is 1. The van der Waals surface area contributed by atoms with Crippen molar-refractivity contribution in [2.75, 3.05) is 0 Å². The molecule has 0 fully saturated rings. The minimum atomic E-state index is -0.495. The first-order chi connectivity index (χ1) is 5.79. The van der Waals surface area contributed by atoms with E-state index >= 15 is 0 Å². The SMILES string of the molecule is CC(O)NC=Cc1ccccc1. The summed E-state index contributed by atoms with van der Waals surface area (Å²) in [6, 6.07) is 9.92. The molecular formula is C10H13NO. The molecule has 0 aliphatic rings. The molecule has 1 aromatic rings. The lowest BCUT2D eigenvalue weighted by Crippen LogP contribution is -2.18. The smallest absolute Gasteiger partial charge is 0.121 e. The van der Waals surface area contributed by atoms with Gasteiger partial charge < -0.3 is 10.4 Å². The zero-order valence-corrected chi connectivity index (χ0v) is 7.07. The van der Waals surface area contributed by atoms with Gasteiger partial charge in [0.15, 0.2) is 0 Å². The van der Waals surface area contributed by atoms with Crippen LogP contribution in [0.1, 0.15) is 12.5 Å². The molecule has 12 heavy (non-hydrogen) atoms. The van der Waals surface area contributed by atoms with E-state index in [1.165, 1.54) is 0 Å². The van der Waals surface area contributed by atoms with Gasteiger partial charge in [-0.1, -0.05) is 30.3 Å². The van der Waals surface area contributed by atoms with Crippen molar-refractivity contribution in [3.05, 3.63) is 42.1 Å². The lowest BCUT2D eigenvalue weighted by Gasteiger charge is -2.01. The standard InChI is InChI=1S/C10H13NO/c1-9(12)11-8-7-10-5-3-2-4-6-10/h2-9,11-12H,1H3. The molecule has 1 rings (SSSR count). The molecule has 2 N–H and O–H groups in total. The second-order valence-electron chi connectivity index (χ2n) is 2.59. The Morgan fingerprint density at radius 1 is 1.33 bits per heavy atom. The number of hydrogen-bond acceptors (Lipinski definition) is 2. The summed E-state index contributed by atoms with van der Waals surface area (Å²) in [5.74, 6) is 0. The minimum Gasteiger partial charge on any atom is -0.374 e. The van der Waals surface area contributed by atoms with Crippen molar-refractivity contribution in [2.45, 2.75) is 13.2 Å². The van der Waals surface area contributed by atoms with Gasteiger partial charge in [-0.3, -0.25) is 0 Å². The van der Waals surface area contributed by atoms with Crippen LogP contribution in [0.15, 0.2) is 36.5 Å². The summed E-state index contributed by atoms with van der Waals surface area (Å²) in [7, 11) is 0. The molecule has 1 unspecified atom stereocenters. The average Bonchev–Trinajstić information content (AvgIpc) is 2.05. The number of nitrogens with one attached hydrogen (secondary N) is 1. The van der Waals surface area contributed by atoms with Crippen molar-refractivity contribution in [3.63, 3.8) is 0 Å². The Kier molecular flexibility index (Phi) is 3.35. The van der Waals surface area contributed by atoms with Gasteiger partial charge in [-0.2, -0.15) is 0 Å². The summed E-state index contributed by atoms with van der Waals surface area (Å²) in [5.41, 5.74) is 1.12. The molecule has 0 aromatic heterocycles. The maximum absolute atomic E-state index is 8.87. The maximum atomic E-state index is 8.87. The highest BCUT2D eigenvalue weighted by atomic mass is 16.3. The Hall–Kier alpha value is -1.28. The molecule has 0 amide bonds. The Labute approximate surface area is 72.5 Å². The van der Waals surface area contributed by atoms with Crippen LogP contribution in [0.4, 0.5) is 0 Å². The highest BCUT2D eigenvalue weighted by molar-refractivity contribution is 5.48. The van der Waals surface area contributed by atoms with Crippen LogP contribution in [0.25, 0.3) is 6.08 Å². The van der Waals surface area contributed by atoms with Crippen LogP contribution in [0.2, 0.25) is 0 Å². The van der Waals surface area contributed by atoms with E-state index < -0.39 is 6.23 Å². The Bertz CT molecular complexity index is 241. The molecule has 0 saturated heterocycles. The van der Waals surface area contributed by atoms with E-state index in [9.17, 15) is 0 Å². The van der Waals surface area contributed by atoms with Crippen molar-refractivity contribution < 1.29 is 5.11 Å². The summed E-state index contributed by atoms with van der Waals surface area (Å²) in [4.78, 5) is 0. The zero-order chi connectivity index (χ0) is 8.81. The Morgan fingerprint density at radius 2 is 2.00 bits per heavy atom. The molecule has 0 spiro atoms. The van der Waals surface area contributed by atoms with E-state index in [1.54, 1.807) is 13.1 Å². The van der Waals surface area contributed by atoms with Crippen molar-refractivity contribution in [1.82, 2.24) is 5.32 Å². The second kappa shape index (κ2) is 4.57. The Morgan fingerprint density at radius 3 is 2.58 bits per heavy atom. The van der Waals surface area contributed by atoms with Crippen LogP contribution < -0.4 is 5.32 Å². The predicted octanol–water partition coefficient (Wildman–Crippen LogP) is 1.59. The normalized spacial score (nSPS) is 13.2. The lowest BCUT2D eigenvalue weighted by molar-refractivity contribution is 0.174. The third-order valence-electron chi connectivity index (χ3n) is 1.41. The van der Waals surface area contributed by atoms with Crippen molar-refractivity contribution in [1.29, 1.82) is 0 Å². The molecule has 0 aliphatic carbocycles. The molecule has 0 saturated carbocycles. The van der Waals surface area contributed by atoms with E-state index in [0.717, 1.165) is 5.56 Å². The number of aliphatic hydroxyl groups excluding tert-OH is 1. The molecule has 0 aliphatic heterocycles. The Balaban J connectivity index is 2.47. The average molecular weight is 163 g/mol. The second-order valence-corrected chi connectivity index (χ2v) is 2.59. The van der Waals surface area contributed by atoms with E-state index in [2.05, 4.69) is 5.32 Å². The van der Waals surface area contributed by atoms with Gasteiger partial charge in [-0.05, 0) is 24.8 Å². The summed E-state index contributed by atoms with van der Waals surface area (Å²) >= 11 is 0. The fraction of sp³-hybridized carbons (Fsp3) is 0.200. The summed E-state index contributed by atoms with van der Waals surface area (Å²) < 4.78 is 0. The maximum Gasteiger partial charge on any atom is 0.121 e. The fourth-order valence-electron chi connectivity index (χ4n) is 0.848. The van der Waals surface area contributed by atoms with Gasteiger partial charge in [0.05, 0.1) is 0 Å². The molecule has 1 aromatic carbocycles. The van der Waals surface area contributed by atoms with Gasteiger partial charge in [-0.15, -0.1) is 0 Å². The van der Waals surface area contributed by atoms with Gasteiger partial charge >= 0.3 is 0 Å². The number of hydrogen-bond donors (Lipinski definition) is 2. The van der Waals surface area contributed by atoms with E-state index in [0.29, 0.717) is 0 Å². The number of aliphatic hydroxyl groups is 1. The predicted molar refractivity (Wildman–Crippen MR) is 50.3 cm³/mol. The van der Waals surface area contributed by atoms with E-state index in [4.69, 9.17) is 5.11 Å². The molecule has 1 atom stereocenters. The molecule has 2 nitrogen and oxygen atoms in total. The van der Waals surface area contributed by atoms with Gasteiger partial charge in [0.1, 0.15) is 6.23 Å². The summed E-state index contributed by atoms with van der Waals surface area (Å²) in [5, 5.41) is 11.6. The molecular weight excluding hydrogens is 150 g/mol. The van der Waals surface area contributed by atoms with E-state index in [1.807, 2.05) is 36.4 Å². The van der Waals surface area contributed by atoms with Crippen LogP contribution in [0.3, 0.4) is 0 Å². The first kappa shape index (κ1) is 8.81. The van der Waals surface area contributed by atoms with E-state index in [-0.39, 0.29) is 0 Å². The third-order valence-corrected chi connectivity index (χ3v) is 1.41. The van der Waals surface area contributed by atoms with Gasteiger partial charge in [0.2, 0.25) is 0 Å². The van der Waals surface area contributed by atoms with Crippen LogP contribution in [-0.4, -0.2) is 11.3 Å².